The van der Waals surface area contributed by atoms with Gasteiger partial charge in [-0.25, -0.2) is 4.99 Å². The molecule has 0 spiro atoms. The van der Waals surface area contributed by atoms with E-state index in [1.54, 1.807) is 36.0 Å². The molecule has 1 aliphatic heterocycles. The van der Waals surface area contributed by atoms with E-state index < -0.39 is 0 Å². The molecule has 4 nitrogen and oxygen atoms in total. The Balaban J connectivity index is 1.65. The summed E-state index contributed by atoms with van der Waals surface area (Å²) in [4.78, 5) is 28.5. The molecular formula is C19H18N2O2S2. The summed E-state index contributed by atoms with van der Waals surface area (Å²) in [7, 11) is 0. The Kier molecular flexibility index (Phi) is 5.60. The third-order valence-electron chi connectivity index (χ3n) is 3.74. The molecule has 0 saturated carbocycles. The molecule has 1 heterocycles. The van der Waals surface area contributed by atoms with Crippen LogP contribution in [0.25, 0.3) is 0 Å². The number of carbonyl (C=O) groups excluding carboxylic acids is 2. The van der Waals surface area contributed by atoms with Crippen molar-refractivity contribution in [3.63, 3.8) is 0 Å². The first-order chi connectivity index (χ1) is 12.0. The van der Waals surface area contributed by atoms with E-state index in [-0.39, 0.29) is 16.9 Å². The number of anilines is 1. The number of nitrogens with zero attached hydrogens (tertiary/aromatic N) is 1. The van der Waals surface area contributed by atoms with Gasteiger partial charge in [0.1, 0.15) is 4.38 Å². The van der Waals surface area contributed by atoms with Gasteiger partial charge in [0.2, 0.25) is 5.91 Å². The molecule has 6 heteroatoms. The zero-order chi connectivity index (χ0) is 17.8. The van der Waals surface area contributed by atoms with Crippen LogP contribution in [0.4, 0.5) is 11.4 Å². The van der Waals surface area contributed by atoms with Gasteiger partial charge in [-0.05, 0) is 37.6 Å². The van der Waals surface area contributed by atoms with E-state index in [0.717, 1.165) is 15.8 Å². The summed E-state index contributed by atoms with van der Waals surface area (Å²) in [5.41, 5.74) is 3.41. The first-order valence-corrected chi connectivity index (χ1v) is 9.77. The Morgan fingerprint density at radius 3 is 2.80 bits per heavy atom. The predicted octanol–water partition coefficient (Wildman–Crippen LogP) is 4.88. The molecular weight excluding hydrogens is 352 g/mol. The highest BCUT2D eigenvalue weighted by Gasteiger charge is 2.20. The van der Waals surface area contributed by atoms with Crippen molar-refractivity contribution in [2.45, 2.75) is 24.9 Å². The smallest absolute Gasteiger partial charge is 0.237 e. The van der Waals surface area contributed by atoms with E-state index in [4.69, 9.17) is 0 Å². The number of para-hydroxylation sites is 1. The summed E-state index contributed by atoms with van der Waals surface area (Å²) >= 11 is 3.11. The van der Waals surface area contributed by atoms with Gasteiger partial charge in [0.05, 0.1) is 10.9 Å². The van der Waals surface area contributed by atoms with E-state index in [1.165, 1.54) is 24.2 Å². The van der Waals surface area contributed by atoms with E-state index >= 15 is 0 Å². The Morgan fingerprint density at radius 2 is 2.00 bits per heavy atom. The molecule has 0 unspecified atom stereocenters. The van der Waals surface area contributed by atoms with Crippen LogP contribution in [0.15, 0.2) is 53.5 Å². The molecule has 128 valence electrons. The van der Waals surface area contributed by atoms with Gasteiger partial charge in [0.25, 0.3) is 0 Å². The lowest BCUT2D eigenvalue weighted by atomic mass is 10.1. The first kappa shape index (κ1) is 17.8. The number of aliphatic imine (C=N–C) groups is 1. The fraction of sp³-hybridized carbons (Fsp3) is 0.211. The number of rotatable bonds is 4. The molecule has 0 aromatic heterocycles. The molecule has 1 atom stereocenters. The minimum atomic E-state index is -0.280. The number of thioether (sulfide) groups is 2. The van der Waals surface area contributed by atoms with Crippen LogP contribution in [0.5, 0.6) is 0 Å². The lowest BCUT2D eigenvalue weighted by Crippen LogP contribution is -2.23. The molecule has 0 bridgehead atoms. The summed E-state index contributed by atoms with van der Waals surface area (Å²) in [6.07, 6.45) is 0. The highest BCUT2D eigenvalue weighted by Crippen LogP contribution is 2.35. The van der Waals surface area contributed by atoms with Crippen molar-refractivity contribution in [3.8, 4) is 0 Å². The number of ketones is 1. The number of amides is 1. The van der Waals surface area contributed by atoms with Crippen LogP contribution in [0.3, 0.4) is 0 Å². The van der Waals surface area contributed by atoms with Gasteiger partial charge in [-0.15, -0.1) is 0 Å². The van der Waals surface area contributed by atoms with E-state index in [0.29, 0.717) is 11.3 Å². The lowest BCUT2D eigenvalue weighted by Gasteiger charge is -2.17. The molecule has 0 aliphatic carbocycles. The summed E-state index contributed by atoms with van der Waals surface area (Å²) in [5.74, 6) is 0.745. The average molecular weight is 370 g/mol. The van der Waals surface area contributed by atoms with Crippen LogP contribution >= 0.6 is 23.5 Å². The monoisotopic (exact) mass is 370 g/mol. The Bertz CT molecular complexity index is 849. The van der Waals surface area contributed by atoms with Crippen LogP contribution in [0, 0.1) is 0 Å². The topological polar surface area (TPSA) is 58.5 Å². The predicted molar refractivity (Wildman–Crippen MR) is 107 cm³/mol. The molecule has 2 aromatic rings. The molecule has 0 radical (unpaired) electrons. The standard InChI is InChI=1S/C19H18N2O2S2/c1-12(22)14-7-5-8-16(10-14)20-18(23)13(2)25-19-21-17-9-4-3-6-15(17)11-24-19/h3-10,13H,11H2,1-2H3,(H,20,23)/t13-/m0/s1. The van der Waals surface area contributed by atoms with Gasteiger partial charge in [-0.2, -0.15) is 0 Å². The van der Waals surface area contributed by atoms with Crippen molar-refractivity contribution in [2.75, 3.05) is 5.32 Å². The highest BCUT2D eigenvalue weighted by atomic mass is 32.2. The fourth-order valence-electron chi connectivity index (χ4n) is 2.34. The van der Waals surface area contributed by atoms with Gasteiger partial charge in [-0.1, -0.05) is 53.9 Å². The zero-order valence-corrected chi connectivity index (χ0v) is 15.6. The van der Waals surface area contributed by atoms with Crippen molar-refractivity contribution in [3.05, 3.63) is 59.7 Å². The summed E-state index contributed by atoms with van der Waals surface area (Å²) in [5, 5.41) is 2.59. The van der Waals surface area contributed by atoms with Crippen LogP contribution < -0.4 is 5.32 Å². The number of fused-ring (bicyclic) bond motifs is 1. The SMILES string of the molecule is CC(=O)c1cccc(NC(=O)[C@H](C)SC2=Nc3ccccc3CS2)c1. The average Bonchev–Trinajstić information content (AvgIpc) is 2.61. The number of benzene rings is 2. The lowest BCUT2D eigenvalue weighted by molar-refractivity contribution is -0.115. The number of hydrogen-bond donors (Lipinski definition) is 1. The molecule has 1 amide bonds. The largest absolute Gasteiger partial charge is 0.325 e. The molecule has 2 aromatic carbocycles. The zero-order valence-electron chi connectivity index (χ0n) is 14.0. The van der Waals surface area contributed by atoms with Crippen molar-refractivity contribution in [2.24, 2.45) is 4.99 Å². The third kappa shape index (κ3) is 4.52. The van der Waals surface area contributed by atoms with E-state index in [2.05, 4.69) is 16.4 Å². The second-order valence-electron chi connectivity index (χ2n) is 5.68. The molecule has 1 aliphatic rings. The van der Waals surface area contributed by atoms with Crippen LogP contribution in [0.2, 0.25) is 0 Å². The number of carbonyl (C=O) groups is 2. The van der Waals surface area contributed by atoms with Crippen LogP contribution in [-0.4, -0.2) is 21.3 Å². The van der Waals surface area contributed by atoms with E-state index in [1.807, 2.05) is 25.1 Å². The Morgan fingerprint density at radius 1 is 1.20 bits per heavy atom. The minimum absolute atomic E-state index is 0.0230. The third-order valence-corrected chi connectivity index (χ3v) is 6.03. The van der Waals surface area contributed by atoms with Gasteiger partial charge in [0, 0.05) is 17.0 Å². The highest BCUT2D eigenvalue weighted by molar-refractivity contribution is 8.39. The van der Waals surface area contributed by atoms with Gasteiger partial charge in [0.15, 0.2) is 5.78 Å². The Hall–Kier alpha value is -2.05. The second kappa shape index (κ2) is 7.89. The summed E-state index contributed by atoms with van der Waals surface area (Å²) < 4.78 is 0.902. The quantitative estimate of drug-likeness (QED) is 0.779. The molecule has 0 fully saturated rings. The van der Waals surface area contributed by atoms with Crippen LogP contribution in [-0.2, 0) is 10.5 Å². The van der Waals surface area contributed by atoms with Crippen molar-refractivity contribution in [1.29, 1.82) is 0 Å². The molecule has 3 rings (SSSR count). The second-order valence-corrected chi connectivity index (χ2v) is 8.23. The fourth-order valence-corrected chi connectivity index (χ4v) is 4.52. The van der Waals surface area contributed by atoms with Gasteiger partial charge >= 0.3 is 0 Å². The maximum Gasteiger partial charge on any atom is 0.237 e. The van der Waals surface area contributed by atoms with Gasteiger partial charge in [-0.3, -0.25) is 9.59 Å². The van der Waals surface area contributed by atoms with Crippen molar-refractivity contribution < 1.29 is 9.59 Å². The maximum atomic E-state index is 12.4. The summed E-state index contributed by atoms with van der Waals surface area (Å²) in [6, 6.07) is 15.0. The summed E-state index contributed by atoms with van der Waals surface area (Å²) in [6.45, 7) is 3.37. The first-order valence-electron chi connectivity index (χ1n) is 7.91. The number of Topliss-reactive ketones (excluding diaryl/α,β-unsaturated/α-hetero) is 1. The minimum Gasteiger partial charge on any atom is -0.325 e. The molecule has 25 heavy (non-hydrogen) atoms. The van der Waals surface area contributed by atoms with Crippen molar-refractivity contribution >= 4 is 51.0 Å². The maximum absolute atomic E-state index is 12.4. The van der Waals surface area contributed by atoms with E-state index in [9.17, 15) is 9.59 Å². The normalized spacial score (nSPS) is 14.2. The molecule has 0 saturated heterocycles. The number of nitrogens with one attached hydrogen (secondary N) is 1. The molecule has 1 N–H and O–H groups in total. The van der Waals surface area contributed by atoms with Crippen LogP contribution in [0.1, 0.15) is 29.8 Å². The van der Waals surface area contributed by atoms with Crippen molar-refractivity contribution in [1.82, 2.24) is 0 Å². The van der Waals surface area contributed by atoms with Gasteiger partial charge < -0.3 is 5.32 Å². The Labute approximate surface area is 155 Å². The number of hydrogen-bond acceptors (Lipinski definition) is 5.